The molecule has 1 aliphatic heterocycles. The van der Waals surface area contributed by atoms with E-state index in [0.717, 1.165) is 5.56 Å². The summed E-state index contributed by atoms with van der Waals surface area (Å²) >= 11 is 0. The topological polar surface area (TPSA) is 62.6 Å². The van der Waals surface area contributed by atoms with Gasteiger partial charge in [-0.05, 0) is 12.0 Å². The van der Waals surface area contributed by atoms with E-state index in [9.17, 15) is 9.59 Å². The minimum Gasteiger partial charge on any atom is -0.472 e. The van der Waals surface area contributed by atoms with E-state index in [0.29, 0.717) is 19.5 Å². The molecule has 0 aromatic carbocycles. The van der Waals surface area contributed by atoms with Crippen LogP contribution >= 0.6 is 0 Å². The maximum atomic E-state index is 12.3. The van der Waals surface area contributed by atoms with Crippen molar-refractivity contribution >= 4 is 11.8 Å². The minimum atomic E-state index is -0.424. The molecule has 1 aromatic heterocycles. The lowest BCUT2D eigenvalue weighted by atomic mass is 10.0. The van der Waals surface area contributed by atoms with E-state index in [2.05, 4.69) is 5.32 Å². The molecule has 1 aromatic rings. The van der Waals surface area contributed by atoms with Crippen molar-refractivity contribution in [1.29, 1.82) is 0 Å². The molecular formula is C13H18N2O3. The molecule has 0 spiro atoms. The number of hydrogen-bond acceptors (Lipinski definition) is 3. The molecule has 1 aliphatic rings. The van der Waals surface area contributed by atoms with E-state index >= 15 is 0 Å². The van der Waals surface area contributed by atoms with Gasteiger partial charge in [-0.2, -0.15) is 0 Å². The van der Waals surface area contributed by atoms with Crippen LogP contribution in [0.25, 0.3) is 0 Å². The molecule has 0 aliphatic carbocycles. The van der Waals surface area contributed by atoms with Gasteiger partial charge in [-0.3, -0.25) is 9.59 Å². The zero-order valence-electron chi connectivity index (χ0n) is 10.7. The molecule has 1 fully saturated rings. The van der Waals surface area contributed by atoms with Gasteiger partial charge in [0, 0.05) is 25.1 Å². The van der Waals surface area contributed by atoms with Gasteiger partial charge in [0.15, 0.2) is 0 Å². The number of amides is 2. The first-order chi connectivity index (χ1) is 8.58. The molecule has 5 heteroatoms. The summed E-state index contributed by atoms with van der Waals surface area (Å²) in [5.74, 6) is 0.0141. The molecule has 1 atom stereocenters. The molecular weight excluding hydrogens is 232 g/mol. The zero-order chi connectivity index (χ0) is 13.1. The number of hydrogen-bond donors (Lipinski definition) is 1. The molecule has 18 heavy (non-hydrogen) atoms. The summed E-state index contributed by atoms with van der Waals surface area (Å²) in [4.78, 5) is 25.6. The van der Waals surface area contributed by atoms with Crippen LogP contribution < -0.4 is 5.32 Å². The quantitative estimate of drug-likeness (QED) is 0.875. The number of carbonyl (C=O) groups is 2. The zero-order valence-corrected chi connectivity index (χ0v) is 10.7. The molecule has 98 valence electrons. The SMILES string of the molecule is CC(C)C1NC(=O)CCN(Cc2ccoc2)C1=O. The smallest absolute Gasteiger partial charge is 0.245 e. The Balaban J connectivity index is 2.13. The highest BCUT2D eigenvalue weighted by molar-refractivity contribution is 5.90. The van der Waals surface area contributed by atoms with Crippen molar-refractivity contribution < 1.29 is 14.0 Å². The largest absolute Gasteiger partial charge is 0.472 e. The van der Waals surface area contributed by atoms with Crippen LogP contribution in [-0.4, -0.2) is 29.3 Å². The number of nitrogens with zero attached hydrogens (tertiary/aromatic N) is 1. The molecule has 1 unspecified atom stereocenters. The predicted octanol–water partition coefficient (Wildman–Crippen LogP) is 1.15. The highest BCUT2D eigenvalue weighted by atomic mass is 16.3. The Kier molecular flexibility index (Phi) is 3.69. The second kappa shape index (κ2) is 5.25. The monoisotopic (exact) mass is 250 g/mol. The van der Waals surface area contributed by atoms with Crippen molar-refractivity contribution in [3.63, 3.8) is 0 Å². The Bertz CT molecular complexity index is 425. The van der Waals surface area contributed by atoms with Crippen LogP contribution in [0.3, 0.4) is 0 Å². The molecule has 1 saturated heterocycles. The van der Waals surface area contributed by atoms with Gasteiger partial charge in [-0.15, -0.1) is 0 Å². The van der Waals surface area contributed by atoms with E-state index in [4.69, 9.17) is 4.42 Å². The van der Waals surface area contributed by atoms with Gasteiger partial charge in [0.25, 0.3) is 0 Å². The van der Waals surface area contributed by atoms with Crippen LogP contribution in [0.2, 0.25) is 0 Å². The molecule has 2 rings (SSSR count). The van der Waals surface area contributed by atoms with Crippen molar-refractivity contribution in [2.75, 3.05) is 6.54 Å². The average Bonchev–Trinajstić information content (AvgIpc) is 2.78. The van der Waals surface area contributed by atoms with Crippen LogP contribution in [0, 0.1) is 5.92 Å². The Morgan fingerprint density at radius 2 is 2.28 bits per heavy atom. The highest BCUT2D eigenvalue weighted by Gasteiger charge is 2.31. The maximum absolute atomic E-state index is 12.3. The normalized spacial score (nSPS) is 21.1. The third-order valence-electron chi connectivity index (χ3n) is 3.12. The summed E-state index contributed by atoms with van der Waals surface area (Å²) in [5, 5.41) is 2.78. The minimum absolute atomic E-state index is 0.0166. The van der Waals surface area contributed by atoms with E-state index in [-0.39, 0.29) is 17.7 Å². The van der Waals surface area contributed by atoms with E-state index in [1.54, 1.807) is 17.4 Å². The Morgan fingerprint density at radius 1 is 1.50 bits per heavy atom. The second-order valence-corrected chi connectivity index (χ2v) is 4.93. The van der Waals surface area contributed by atoms with Crippen LogP contribution in [0.5, 0.6) is 0 Å². The lowest BCUT2D eigenvalue weighted by Gasteiger charge is -2.25. The Morgan fingerprint density at radius 3 is 2.89 bits per heavy atom. The van der Waals surface area contributed by atoms with Crippen LogP contribution in [0.1, 0.15) is 25.8 Å². The Labute approximate surface area is 106 Å². The molecule has 0 bridgehead atoms. The van der Waals surface area contributed by atoms with Gasteiger partial charge in [0.2, 0.25) is 11.8 Å². The summed E-state index contributed by atoms with van der Waals surface area (Å²) in [7, 11) is 0. The predicted molar refractivity (Wildman–Crippen MR) is 65.5 cm³/mol. The number of rotatable bonds is 3. The lowest BCUT2D eigenvalue weighted by molar-refractivity contribution is -0.135. The first-order valence-electron chi connectivity index (χ1n) is 6.17. The summed E-state index contributed by atoms with van der Waals surface area (Å²) in [6, 6.07) is 1.41. The van der Waals surface area contributed by atoms with Crippen molar-refractivity contribution in [2.45, 2.75) is 32.9 Å². The van der Waals surface area contributed by atoms with Gasteiger partial charge in [0.05, 0.1) is 12.5 Å². The van der Waals surface area contributed by atoms with E-state index < -0.39 is 6.04 Å². The van der Waals surface area contributed by atoms with E-state index in [1.165, 1.54) is 0 Å². The van der Waals surface area contributed by atoms with Crippen LogP contribution in [-0.2, 0) is 16.1 Å². The Hall–Kier alpha value is -1.78. The molecule has 2 heterocycles. The molecule has 5 nitrogen and oxygen atoms in total. The number of carbonyl (C=O) groups excluding carboxylic acids is 2. The molecule has 2 amide bonds. The van der Waals surface area contributed by atoms with Gasteiger partial charge < -0.3 is 14.6 Å². The summed E-state index contributed by atoms with van der Waals surface area (Å²) in [6.45, 7) is 4.82. The molecule has 1 N–H and O–H groups in total. The van der Waals surface area contributed by atoms with Gasteiger partial charge >= 0.3 is 0 Å². The fourth-order valence-corrected chi connectivity index (χ4v) is 2.06. The highest BCUT2D eigenvalue weighted by Crippen LogP contribution is 2.14. The van der Waals surface area contributed by atoms with Crippen molar-refractivity contribution in [3.05, 3.63) is 24.2 Å². The third kappa shape index (κ3) is 2.72. The number of furan rings is 1. The maximum Gasteiger partial charge on any atom is 0.245 e. The first-order valence-corrected chi connectivity index (χ1v) is 6.17. The van der Waals surface area contributed by atoms with Gasteiger partial charge in [-0.25, -0.2) is 0 Å². The van der Waals surface area contributed by atoms with E-state index in [1.807, 2.05) is 19.9 Å². The summed E-state index contributed by atoms with van der Waals surface area (Å²) in [5.41, 5.74) is 0.945. The molecule has 0 saturated carbocycles. The van der Waals surface area contributed by atoms with Crippen molar-refractivity contribution in [3.8, 4) is 0 Å². The fraction of sp³-hybridized carbons (Fsp3) is 0.538. The summed E-state index contributed by atoms with van der Waals surface area (Å²) < 4.78 is 5.00. The third-order valence-corrected chi connectivity index (χ3v) is 3.12. The van der Waals surface area contributed by atoms with Gasteiger partial charge in [-0.1, -0.05) is 13.8 Å². The number of nitrogens with one attached hydrogen (secondary N) is 1. The van der Waals surface area contributed by atoms with Crippen LogP contribution in [0.15, 0.2) is 23.0 Å². The first kappa shape index (κ1) is 12.7. The standard InChI is InChI=1S/C13H18N2O3/c1-9(2)12-13(17)15(5-3-11(16)14-12)7-10-4-6-18-8-10/h4,6,8-9,12H,3,5,7H2,1-2H3,(H,14,16). The second-order valence-electron chi connectivity index (χ2n) is 4.93. The molecule has 0 radical (unpaired) electrons. The van der Waals surface area contributed by atoms with Gasteiger partial charge in [0.1, 0.15) is 6.04 Å². The average molecular weight is 250 g/mol. The summed E-state index contributed by atoms with van der Waals surface area (Å²) in [6.07, 6.45) is 3.56. The van der Waals surface area contributed by atoms with Crippen molar-refractivity contribution in [2.24, 2.45) is 5.92 Å². The van der Waals surface area contributed by atoms with Crippen LogP contribution in [0.4, 0.5) is 0 Å². The lowest BCUT2D eigenvalue weighted by Crippen LogP contribution is -2.47. The van der Waals surface area contributed by atoms with Crippen molar-refractivity contribution in [1.82, 2.24) is 10.2 Å². The fourth-order valence-electron chi connectivity index (χ4n) is 2.06.